The van der Waals surface area contributed by atoms with Gasteiger partial charge in [0.25, 0.3) is 0 Å². The molecule has 4 heteroatoms. The molecule has 0 aliphatic heterocycles. The zero-order valence-corrected chi connectivity index (χ0v) is 8.14. The highest BCUT2D eigenvalue weighted by atomic mass is 16.5. The van der Waals surface area contributed by atoms with E-state index >= 15 is 0 Å². The Hall–Kier alpha value is -1.84. The fraction of sp³-hybridized carbons (Fsp3) is 0.273. The molecule has 4 nitrogen and oxygen atoms in total. The average Bonchev–Trinajstić information content (AvgIpc) is 2.25. The van der Waals surface area contributed by atoms with E-state index in [1.807, 2.05) is 30.3 Å². The predicted octanol–water partition coefficient (Wildman–Crippen LogP) is 0.260. The number of carbonyl (C=O) groups excluding carboxylic acids is 2. The lowest BCUT2D eigenvalue weighted by Crippen LogP contribution is -2.23. The Morgan fingerprint density at radius 3 is 2.40 bits per heavy atom. The van der Waals surface area contributed by atoms with Crippen LogP contribution in [0.5, 0.6) is 0 Å². The molecule has 1 aromatic rings. The summed E-state index contributed by atoms with van der Waals surface area (Å²) in [6, 6.07) is 9.19. The van der Waals surface area contributed by atoms with Crippen molar-refractivity contribution in [3.63, 3.8) is 0 Å². The highest BCUT2D eigenvalue weighted by molar-refractivity contribution is 5.75. The summed E-state index contributed by atoms with van der Waals surface area (Å²) >= 11 is 0. The van der Waals surface area contributed by atoms with Crippen LogP contribution in [0.25, 0.3) is 0 Å². The molecule has 0 radical (unpaired) electrons. The summed E-state index contributed by atoms with van der Waals surface area (Å²) in [6.45, 7) is 0.173. The van der Waals surface area contributed by atoms with Crippen LogP contribution in [0.1, 0.15) is 18.4 Å². The molecule has 0 atom stereocenters. The summed E-state index contributed by atoms with van der Waals surface area (Å²) in [6.07, 6.45) is -0.442. The molecular formula is C11H11O4-. The van der Waals surface area contributed by atoms with E-state index in [9.17, 15) is 14.7 Å². The normalized spacial score (nSPS) is 9.60. The largest absolute Gasteiger partial charge is 0.550 e. The van der Waals surface area contributed by atoms with Crippen LogP contribution in [0.2, 0.25) is 0 Å². The predicted molar refractivity (Wildman–Crippen MR) is 50.5 cm³/mol. The molecule has 1 rings (SSSR count). The lowest BCUT2D eigenvalue weighted by atomic mass is 10.2. The highest BCUT2D eigenvalue weighted by Crippen LogP contribution is 2.02. The number of carboxylic acid groups (broad SMARTS) is 1. The molecule has 80 valence electrons. The van der Waals surface area contributed by atoms with Gasteiger partial charge in [-0.15, -0.1) is 0 Å². The molecule has 0 saturated heterocycles. The van der Waals surface area contributed by atoms with Crippen molar-refractivity contribution < 1.29 is 19.4 Å². The van der Waals surface area contributed by atoms with Crippen molar-refractivity contribution in [3.8, 4) is 0 Å². The minimum absolute atomic E-state index is 0.144. The number of rotatable bonds is 5. The Balaban J connectivity index is 2.26. The van der Waals surface area contributed by atoms with Crippen molar-refractivity contribution in [1.82, 2.24) is 0 Å². The molecule has 0 N–H and O–H groups in total. The molecule has 0 amide bonds. The van der Waals surface area contributed by atoms with Crippen LogP contribution >= 0.6 is 0 Å². The smallest absolute Gasteiger partial charge is 0.306 e. The van der Waals surface area contributed by atoms with Gasteiger partial charge in [0.1, 0.15) is 6.61 Å². The first-order chi connectivity index (χ1) is 7.18. The summed E-state index contributed by atoms with van der Waals surface area (Å²) in [5.41, 5.74) is 0.874. The standard InChI is InChI=1S/C11H12O4/c12-10(13)6-7-11(14)15-8-9-4-2-1-3-5-9/h1-5H,6-8H2,(H,12,13)/p-1. The van der Waals surface area contributed by atoms with Gasteiger partial charge in [0.2, 0.25) is 0 Å². The number of carbonyl (C=O) groups is 2. The van der Waals surface area contributed by atoms with Crippen molar-refractivity contribution >= 4 is 11.9 Å². The summed E-state index contributed by atoms with van der Waals surface area (Å²) in [5, 5.41) is 10.1. The Labute approximate surface area is 87.5 Å². The molecule has 0 aromatic heterocycles. The number of benzene rings is 1. The second-order valence-corrected chi connectivity index (χ2v) is 3.02. The maximum Gasteiger partial charge on any atom is 0.306 e. The number of aliphatic carboxylic acids is 1. The van der Waals surface area contributed by atoms with Gasteiger partial charge in [-0.1, -0.05) is 30.3 Å². The van der Waals surface area contributed by atoms with Gasteiger partial charge in [-0.25, -0.2) is 0 Å². The highest BCUT2D eigenvalue weighted by Gasteiger charge is 2.02. The molecule has 0 unspecified atom stereocenters. The van der Waals surface area contributed by atoms with Crippen molar-refractivity contribution in [2.24, 2.45) is 0 Å². The Morgan fingerprint density at radius 1 is 1.13 bits per heavy atom. The summed E-state index contributed by atoms with van der Waals surface area (Å²) < 4.78 is 4.85. The average molecular weight is 207 g/mol. The van der Waals surface area contributed by atoms with E-state index < -0.39 is 11.9 Å². The van der Waals surface area contributed by atoms with Gasteiger partial charge in [0, 0.05) is 5.97 Å². The van der Waals surface area contributed by atoms with E-state index in [2.05, 4.69) is 0 Å². The van der Waals surface area contributed by atoms with Gasteiger partial charge in [-0.05, 0) is 12.0 Å². The number of hydrogen-bond acceptors (Lipinski definition) is 4. The lowest BCUT2D eigenvalue weighted by molar-refractivity contribution is -0.305. The molecule has 0 saturated carbocycles. The third kappa shape index (κ3) is 4.81. The number of hydrogen-bond donors (Lipinski definition) is 0. The molecule has 0 fully saturated rings. The van der Waals surface area contributed by atoms with E-state index in [1.54, 1.807) is 0 Å². The SMILES string of the molecule is O=C([O-])CCC(=O)OCc1ccccc1. The van der Waals surface area contributed by atoms with Gasteiger partial charge < -0.3 is 14.6 Å². The number of esters is 1. The first kappa shape index (κ1) is 11.2. The topological polar surface area (TPSA) is 66.4 Å². The fourth-order valence-corrected chi connectivity index (χ4v) is 1.01. The van der Waals surface area contributed by atoms with Crippen LogP contribution in [-0.4, -0.2) is 11.9 Å². The zero-order chi connectivity index (χ0) is 11.1. The van der Waals surface area contributed by atoms with Gasteiger partial charge >= 0.3 is 5.97 Å². The van der Waals surface area contributed by atoms with Gasteiger partial charge in [0.05, 0.1) is 6.42 Å². The molecule has 1 aromatic carbocycles. The summed E-state index contributed by atoms with van der Waals surface area (Å²) in [7, 11) is 0. The van der Waals surface area contributed by atoms with E-state index in [1.165, 1.54) is 0 Å². The molecule has 0 spiro atoms. The molecular weight excluding hydrogens is 196 g/mol. The minimum atomic E-state index is -1.24. The van der Waals surface area contributed by atoms with Crippen molar-refractivity contribution in [1.29, 1.82) is 0 Å². The van der Waals surface area contributed by atoms with Crippen LogP contribution < -0.4 is 5.11 Å². The first-order valence-corrected chi connectivity index (χ1v) is 4.58. The molecule has 15 heavy (non-hydrogen) atoms. The van der Waals surface area contributed by atoms with E-state index in [0.717, 1.165) is 5.56 Å². The summed E-state index contributed by atoms with van der Waals surface area (Å²) in [4.78, 5) is 21.1. The second-order valence-electron chi connectivity index (χ2n) is 3.02. The minimum Gasteiger partial charge on any atom is -0.550 e. The third-order valence-corrected chi connectivity index (χ3v) is 1.78. The third-order valence-electron chi connectivity index (χ3n) is 1.78. The first-order valence-electron chi connectivity index (χ1n) is 4.58. The fourth-order valence-electron chi connectivity index (χ4n) is 1.01. The summed E-state index contributed by atoms with van der Waals surface area (Å²) in [5.74, 6) is -1.77. The van der Waals surface area contributed by atoms with Crippen LogP contribution in [0, 0.1) is 0 Å². The maximum atomic E-state index is 11.0. The van der Waals surface area contributed by atoms with E-state index in [4.69, 9.17) is 4.74 Å². The van der Waals surface area contributed by atoms with Crippen molar-refractivity contribution in [2.75, 3.05) is 0 Å². The van der Waals surface area contributed by atoms with E-state index in [-0.39, 0.29) is 19.4 Å². The zero-order valence-electron chi connectivity index (χ0n) is 8.14. The molecule has 0 heterocycles. The molecule has 0 bridgehead atoms. The maximum absolute atomic E-state index is 11.0. The Kier molecular flexibility index (Phi) is 4.34. The van der Waals surface area contributed by atoms with Crippen molar-refractivity contribution in [2.45, 2.75) is 19.4 Å². The van der Waals surface area contributed by atoms with Gasteiger partial charge in [-0.3, -0.25) is 4.79 Å². The van der Waals surface area contributed by atoms with Crippen LogP contribution in [-0.2, 0) is 20.9 Å². The molecule has 0 aliphatic carbocycles. The lowest BCUT2D eigenvalue weighted by Gasteiger charge is -2.04. The van der Waals surface area contributed by atoms with Gasteiger partial charge in [-0.2, -0.15) is 0 Å². The van der Waals surface area contributed by atoms with Crippen LogP contribution in [0.4, 0.5) is 0 Å². The number of ether oxygens (including phenoxy) is 1. The monoisotopic (exact) mass is 207 g/mol. The van der Waals surface area contributed by atoms with Crippen LogP contribution in [0.15, 0.2) is 30.3 Å². The molecule has 0 aliphatic rings. The Morgan fingerprint density at radius 2 is 1.80 bits per heavy atom. The number of carboxylic acids is 1. The van der Waals surface area contributed by atoms with Crippen molar-refractivity contribution in [3.05, 3.63) is 35.9 Å². The van der Waals surface area contributed by atoms with Gasteiger partial charge in [0.15, 0.2) is 0 Å². The van der Waals surface area contributed by atoms with Crippen LogP contribution in [0.3, 0.4) is 0 Å². The Bertz CT molecular complexity index is 332. The van der Waals surface area contributed by atoms with E-state index in [0.29, 0.717) is 0 Å². The quantitative estimate of drug-likeness (QED) is 0.649. The second kappa shape index (κ2) is 5.80.